The van der Waals surface area contributed by atoms with Crippen LogP contribution in [0.15, 0.2) is 0 Å². The Morgan fingerprint density at radius 2 is 2.14 bits per heavy atom. The van der Waals surface area contributed by atoms with E-state index in [1.54, 1.807) is 9.58 Å². The van der Waals surface area contributed by atoms with Gasteiger partial charge in [-0.3, -0.25) is 14.3 Å². The first-order chi connectivity index (χ1) is 10.3. The molecule has 1 saturated carbocycles. The molecular formula is C16H23N3O3. The Morgan fingerprint density at radius 3 is 2.68 bits per heavy atom. The lowest BCUT2D eigenvalue weighted by atomic mass is 9.81. The highest BCUT2D eigenvalue weighted by molar-refractivity contribution is 5.83. The van der Waals surface area contributed by atoms with E-state index in [-0.39, 0.29) is 11.8 Å². The minimum absolute atomic E-state index is 0.0224. The molecule has 2 fully saturated rings. The number of hydrogen-bond acceptors (Lipinski definition) is 3. The summed E-state index contributed by atoms with van der Waals surface area (Å²) in [7, 11) is 1.87. The maximum Gasteiger partial charge on any atom is 0.311 e. The lowest BCUT2D eigenvalue weighted by molar-refractivity contribution is -0.149. The average molecular weight is 305 g/mol. The number of fused-ring (bicyclic) bond motifs is 1. The standard InChI is InChI=1S/C16H23N3O3/c1-10-13(11(2)18(3)17-10)7-14(20)19-8-12-5-4-6-16(12,9-19)15(21)22/h12H,4-9H2,1-3H3,(H,21,22)/t12-,16+/m0/s1. The van der Waals surface area contributed by atoms with E-state index in [0.717, 1.165) is 29.8 Å². The maximum atomic E-state index is 12.6. The van der Waals surface area contributed by atoms with Gasteiger partial charge in [0.2, 0.25) is 5.91 Å². The first-order valence-electron chi connectivity index (χ1n) is 7.85. The SMILES string of the molecule is Cc1nn(C)c(C)c1CC(=O)N1C[C@@H]2CCC[C@@]2(C(=O)O)C1. The van der Waals surface area contributed by atoms with Crippen molar-refractivity contribution in [2.24, 2.45) is 18.4 Å². The van der Waals surface area contributed by atoms with Crippen LogP contribution < -0.4 is 0 Å². The average Bonchev–Trinajstić information content (AvgIpc) is 3.06. The van der Waals surface area contributed by atoms with Gasteiger partial charge in [-0.05, 0) is 32.6 Å². The normalized spacial score (nSPS) is 27.2. The monoisotopic (exact) mass is 305 g/mol. The molecule has 3 rings (SSSR count). The molecule has 6 heteroatoms. The van der Waals surface area contributed by atoms with E-state index in [0.29, 0.717) is 25.9 Å². The fraction of sp³-hybridized carbons (Fsp3) is 0.688. The van der Waals surface area contributed by atoms with Crippen molar-refractivity contribution in [1.29, 1.82) is 0 Å². The minimum atomic E-state index is -0.737. The molecule has 2 heterocycles. The van der Waals surface area contributed by atoms with E-state index in [1.165, 1.54) is 0 Å². The van der Waals surface area contributed by atoms with Gasteiger partial charge in [-0.15, -0.1) is 0 Å². The number of carbonyl (C=O) groups excluding carboxylic acids is 1. The highest BCUT2D eigenvalue weighted by Gasteiger charge is 2.55. The van der Waals surface area contributed by atoms with Gasteiger partial charge in [0.15, 0.2) is 0 Å². The molecule has 0 unspecified atom stereocenters. The number of likely N-dealkylation sites (tertiary alicyclic amines) is 1. The number of carboxylic acid groups (broad SMARTS) is 1. The van der Waals surface area contributed by atoms with Crippen molar-refractivity contribution in [2.45, 2.75) is 39.5 Å². The lowest BCUT2D eigenvalue weighted by Gasteiger charge is -2.23. The number of carbonyl (C=O) groups is 2. The van der Waals surface area contributed by atoms with Crippen molar-refractivity contribution in [3.05, 3.63) is 17.0 Å². The summed E-state index contributed by atoms with van der Waals surface area (Å²) in [6, 6.07) is 0. The van der Waals surface area contributed by atoms with Crippen LogP contribution in [0.4, 0.5) is 0 Å². The molecule has 1 aliphatic carbocycles. The predicted octanol–water partition coefficient (Wildman–Crippen LogP) is 1.29. The number of aromatic nitrogens is 2. The van der Waals surface area contributed by atoms with Gasteiger partial charge in [0, 0.05) is 31.4 Å². The van der Waals surface area contributed by atoms with Crippen molar-refractivity contribution in [2.75, 3.05) is 13.1 Å². The van der Waals surface area contributed by atoms with Crippen LogP contribution >= 0.6 is 0 Å². The fourth-order valence-corrected chi connectivity index (χ4v) is 4.17. The molecule has 1 amide bonds. The summed E-state index contributed by atoms with van der Waals surface area (Å²) >= 11 is 0. The van der Waals surface area contributed by atoms with Gasteiger partial charge in [0.1, 0.15) is 0 Å². The van der Waals surface area contributed by atoms with Crippen LogP contribution in [0, 0.1) is 25.2 Å². The van der Waals surface area contributed by atoms with Crippen molar-refractivity contribution in [3.63, 3.8) is 0 Å². The van der Waals surface area contributed by atoms with Gasteiger partial charge < -0.3 is 10.0 Å². The van der Waals surface area contributed by atoms with Crippen molar-refractivity contribution < 1.29 is 14.7 Å². The van der Waals surface area contributed by atoms with E-state index in [1.807, 2.05) is 20.9 Å². The zero-order valence-electron chi connectivity index (χ0n) is 13.4. The zero-order chi connectivity index (χ0) is 16.1. The highest BCUT2D eigenvalue weighted by Crippen LogP contribution is 2.48. The van der Waals surface area contributed by atoms with Crippen LogP contribution in [-0.2, 0) is 23.1 Å². The molecule has 1 aromatic rings. The Bertz CT molecular complexity index is 637. The molecule has 22 heavy (non-hydrogen) atoms. The van der Waals surface area contributed by atoms with Crippen LogP contribution in [0.2, 0.25) is 0 Å². The topological polar surface area (TPSA) is 75.4 Å². The second kappa shape index (κ2) is 5.11. The van der Waals surface area contributed by atoms with Gasteiger partial charge >= 0.3 is 5.97 Å². The van der Waals surface area contributed by atoms with Crippen LogP contribution in [0.25, 0.3) is 0 Å². The summed E-state index contributed by atoms with van der Waals surface area (Å²) in [6.45, 7) is 4.82. The molecule has 2 aliphatic rings. The second-order valence-electron chi connectivity index (χ2n) is 6.77. The van der Waals surface area contributed by atoms with Gasteiger partial charge in [-0.1, -0.05) is 6.42 Å². The molecule has 2 atom stereocenters. The first kappa shape index (κ1) is 15.1. The van der Waals surface area contributed by atoms with Crippen LogP contribution in [0.1, 0.15) is 36.2 Å². The summed E-state index contributed by atoms with van der Waals surface area (Å²) in [5.41, 5.74) is 2.14. The van der Waals surface area contributed by atoms with E-state index in [9.17, 15) is 14.7 Å². The molecule has 1 aliphatic heterocycles. The van der Waals surface area contributed by atoms with Crippen molar-refractivity contribution in [3.8, 4) is 0 Å². The van der Waals surface area contributed by atoms with Gasteiger partial charge in [-0.2, -0.15) is 5.10 Å². The quantitative estimate of drug-likeness (QED) is 0.913. The largest absolute Gasteiger partial charge is 0.481 e. The van der Waals surface area contributed by atoms with Crippen molar-refractivity contribution >= 4 is 11.9 Å². The number of amides is 1. The van der Waals surface area contributed by atoms with E-state index in [4.69, 9.17) is 0 Å². The third-order valence-corrected chi connectivity index (χ3v) is 5.64. The molecule has 0 spiro atoms. The third-order valence-electron chi connectivity index (χ3n) is 5.64. The first-order valence-corrected chi connectivity index (χ1v) is 7.85. The highest BCUT2D eigenvalue weighted by atomic mass is 16.4. The number of hydrogen-bond donors (Lipinski definition) is 1. The summed E-state index contributed by atoms with van der Waals surface area (Å²) in [4.78, 5) is 26.1. The number of nitrogens with zero attached hydrogens (tertiary/aromatic N) is 3. The van der Waals surface area contributed by atoms with Crippen LogP contribution in [0.5, 0.6) is 0 Å². The molecule has 1 aromatic heterocycles. The van der Waals surface area contributed by atoms with E-state index >= 15 is 0 Å². The predicted molar refractivity (Wildman–Crippen MR) is 80.4 cm³/mol. The summed E-state index contributed by atoms with van der Waals surface area (Å²) in [6.07, 6.45) is 2.89. The number of aryl methyl sites for hydroxylation is 2. The summed E-state index contributed by atoms with van der Waals surface area (Å²) in [5.74, 6) is -0.599. The summed E-state index contributed by atoms with van der Waals surface area (Å²) < 4.78 is 1.79. The third kappa shape index (κ3) is 2.12. The van der Waals surface area contributed by atoms with Gasteiger partial charge in [0.25, 0.3) is 0 Å². The fourth-order valence-electron chi connectivity index (χ4n) is 4.17. The van der Waals surface area contributed by atoms with Crippen LogP contribution in [0.3, 0.4) is 0 Å². The molecule has 0 aromatic carbocycles. The van der Waals surface area contributed by atoms with Gasteiger partial charge in [0.05, 0.1) is 17.5 Å². The Balaban J connectivity index is 1.76. The Kier molecular flexibility index (Phi) is 3.50. The molecule has 1 N–H and O–H groups in total. The number of rotatable bonds is 3. The molecule has 0 radical (unpaired) electrons. The Hall–Kier alpha value is -1.85. The second-order valence-corrected chi connectivity index (χ2v) is 6.77. The Morgan fingerprint density at radius 1 is 1.41 bits per heavy atom. The molecule has 0 bridgehead atoms. The maximum absolute atomic E-state index is 12.6. The number of carboxylic acids is 1. The zero-order valence-corrected chi connectivity index (χ0v) is 13.4. The molecule has 120 valence electrons. The van der Waals surface area contributed by atoms with Crippen LogP contribution in [-0.4, -0.2) is 44.8 Å². The van der Waals surface area contributed by atoms with Crippen molar-refractivity contribution in [1.82, 2.24) is 14.7 Å². The molecule has 1 saturated heterocycles. The smallest absolute Gasteiger partial charge is 0.311 e. The minimum Gasteiger partial charge on any atom is -0.481 e. The molecule has 6 nitrogen and oxygen atoms in total. The lowest BCUT2D eigenvalue weighted by Crippen LogP contribution is -2.37. The molecular weight excluding hydrogens is 282 g/mol. The number of aliphatic carboxylic acids is 1. The van der Waals surface area contributed by atoms with E-state index in [2.05, 4.69) is 5.10 Å². The summed E-state index contributed by atoms with van der Waals surface area (Å²) in [5, 5.41) is 13.9. The van der Waals surface area contributed by atoms with E-state index < -0.39 is 11.4 Å². The van der Waals surface area contributed by atoms with Gasteiger partial charge in [-0.25, -0.2) is 0 Å². The Labute approximate surface area is 130 Å².